The number of carbonyl (C=O) groups is 1. The molecule has 0 aliphatic carbocycles. The van der Waals surface area contributed by atoms with Crippen LogP contribution in [0.5, 0.6) is 0 Å². The highest BCUT2D eigenvalue weighted by molar-refractivity contribution is 8.00. The molecule has 0 heterocycles. The summed E-state index contributed by atoms with van der Waals surface area (Å²) in [7, 11) is 0. The molecule has 4 heteroatoms. The molecule has 0 radical (unpaired) electrons. The summed E-state index contributed by atoms with van der Waals surface area (Å²) in [5.41, 5.74) is 0.841. The van der Waals surface area contributed by atoms with Crippen molar-refractivity contribution in [3.63, 3.8) is 0 Å². The molecule has 0 fully saturated rings. The zero-order valence-corrected chi connectivity index (χ0v) is 13.7. The van der Waals surface area contributed by atoms with Gasteiger partial charge in [0.05, 0.1) is 6.04 Å². The smallest absolute Gasteiger partial charge is 0.241 e. The third kappa shape index (κ3) is 4.84. The Bertz CT molecular complexity index is 396. The number of rotatable bonds is 8. The highest BCUT2D eigenvalue weighted by Gasteiger charge is 2.26. The highest BCUT2D eigenvalue weighted by atomic mass is 32.2. The molecule has 1 aromatic rings. The van der Waals surface area contributed by atoms with Crippen molar-refractivity contribution in [1.29, 1.82) is 0 Å². The molecule has 1 amide bonds. The molecule has 0 spiro atoms. The van der Waals surface area contributed by atoms with Crippen LogP contribution in [0.15, 0.2) is 30.3 Å². The van der Waals surface area contributed by atoms with E-state index in [1.54, 1.807) is 0 Å². The Morgan fingerprint density at radius 2 is 1.85 bits per heavy atom. The summed E-state index contributed by atoms with van der Waals surface area (Å²) < 4.78 is 0.223. The van der Waals surface area contributed by atoms with Crippen LogP contribution in [-0.4, -0.2) is 29.5 Å². The Hall–Kier alpha value is -1.00. The molecule has 0 saturated carbocycles. The van der Waals surface area contributed by atoms with Gasteiger partial charge in [0.1, 0.15) is 0 Å². The van der Waals surface area contributed by atoms with Crippen LogP contribution < -0.4 is 10.6 Å². The lowest BCUT2D eigenvalue weighted by Crippen LogP contribution is -2.45. The van der Waals surface area contributed by atoms with Gasteiger partial charge in [-0.25, -0.2) is 0 Å². The molecule has 1 atom stereocenters. The summed E-state index contributed by atoms with van der Waals surface area (Å²) in [6, 6.07) is 9.37. The number of nitrogens with one attached hydrogen (secondary N) is 2. The predicted octanol–water partition coefficient (Wildman–Crippen LogP) is 3.53. The lowest BCUT2D eigenvalue weighted by molar-refractivity contribution is -0.117. The van der Waals surface area contributed by atoms with Gasteiger partial charge in [0, 0.05) is 17.0 Å². The van der Waals surface area contributed by atoms with Crippen molar-refractivity contribution in [2.24, 2.45) is 0 Å². The van der Waals surface area contributed by atoms with Gasteiger partial charge in [0.2, 0.25) is 5.91 Å². The number of para-hydroxylation sites is 1. The van der Waals surface area contributed by atoms with Gasteiger partial charge in [-0.05, 0) is 38.2 Å². The van der Waals surface area contributed by atoms with Gasteiger partial charge in [-0.15, -0.1) is 0 Å². The molecule has 3 nitrogen and oxygen atoms in total. The Balaban J connectivity index is 2.50. The number of benzene rings is 1. The zero-order valence-electron chi connectivity index (χ0n) is 12.9. The second-order valence-electron chi connectivity index (χ2n) is 5.05. The van der Waals surface area contributed by atoms with Crippen molar-refractivity contribution in [1.82, 2.24) is 5.32 Å². The first-order chi connectivity index (χ1) is 9.56. The van der Waals surface area contributed by atoms with Gasteiger partial charge in [0.25, 0.3) is 0 Å². The van der Waals surface area contributed by atoms with Gasteiger partial charge in [0.15, 0.2) is 0 Å². The molecular weight excluding hydrogens is 268 g/mol. The van der Waals surface area contributed by atoms with Crippen LogP contribution in [0.3, 0.4) is 0 Å². The fraction of sp³-hybridized carbons (Fsp3) is 0.562. The Morgan fingerprint density at radius 1 is 1.25 bits per heavy atom. The molecule has 20 heavy (non-hydrogen) atoms. The molecule has 112 valence electrons. The first kappa shape index (κ1) is 17.1. The molecule has 1 aromatic carbocycles. The minimum atomic E-state index is -0.195. The van der Waals surface area contributed by atoms with E-state index in [9.17, 15) is 4.79 Å². The third-order valence-electron chi connectivity index (χ3n) is 3.89. The summed E-state index contributed by atoms with van der Waals surface area (Å²) in [6.45, 7) is 7.17. The SMILES string of the molecule is CCC(CC)(CNC(C)C(=O)Nc1ccccc1)SC. The van der Waals surface area contributed by atoms with Crippen molar-refractivity contribution in [2.45, 2.75) is 44.4 Å². The number of hydrogen-bond donors (Lipinski definition) is 2. The van der Waals surface area contributed by atoms with Crippen molar-refractivity contribution in [2.75, 3.05) is 18.1 Å². The van der Waals surface area contributed by atoms with Crippen LogP contribution in [0.1, 0.15) is 33.6 Å². The second kappa shape index (κ2) is 8.32. The normalized spacial score (nSPS) is 13.0. The van der Waals surface area contributed by atoms with Crippen molar-refractivity contribution >= 4 is 23.4 Å². The third-order valence-corrected chi connectivity index (χ3v) is 5.47. The molecule has 0 aromatic heterocycles. The van der Waals surface area contributed by atoms with Crippen LogP contribution in [0.25, 0.3) is 0 Å². The van der Waals surface area contributed by atoms with E-state index < -0.39 is 0 Å². The molecule has 1 unspecified atom stereocenters. The van der Waals surface area contributed by atoms with Gasteiger partial charge in [-0.1, -0.05) is 32.0 Å². The first-order valence-corrected chi connectivity index (χ1v) is 8.44. The van der Waals surface area contributed by atoms with Gasteiger partial charge in [-0.3, -0.25) is 4.79 Å². The molecular formula is C16H26N2OS. The topological polar surface area (TPSA) is 41.1 Å². The molecule has 0 aliphatic heterocycles. The molecule has 2 N–H and O–H groups in total. The first-order valence-electron chi connectivity index (χ1n) is 7.21. The van der Waals surface area contributed by atoms with E-state index in [4.69, 9.17) is 0 Å². The number of anilines is 1. The van der Waals surface area contributed by atoms with E-state index in [0.29, 0.717) is 0 Å². The van der Waals surface area contributed by atoms with E-state index in [-0.39, 0.29) is 16.7 Å². The number of carbonyl (C=O) groups excluding carboxylic acids is 1. The van der Waals surface area contributed by atoms with E-state index in [1.807, 2.05) is 49.0 Å². The lowest BCUT2D eigenvalue weighted by atomic mass is 10.0. The molecule has 1 rings (SSSR count). The quantitative estimate of drug-likeness (QED) is 0.770. The summed E-state index contributed by atoms with van der Waals surface area (Å²) >= 11 is 1.88. The number of thioether (sulfide) groups is 1. The number of hydrogen-bond acceptors (Lipinski definition) is 3. The van der Waals surface area contributed by atoms with E-state index in [2.05, 4.69) is 30.7 Å². The minimum absolute atomic E-state index is 0.0124. The maximum Gasteiger partial charge on any atom is 0.241 e. The molecule has 0 bridgehead atoms. The van der Waals surface area contributed by atoms with E-state index >= 15 is 0 Å². The van der Waals surface area contributed by atoms with Crippen LogP contribution in [0, 0.1) is 0 Å². The zero-order chi connectivity index (χ0) is 15.0. The monoisotopic (exact) mass is 294 g/mol. The van der Waals surface area contributed by atoms with Gasteiger partial charge >= 0.3 is 0 Å². The standard InChI is InChI=1S/C16H26N2OS/c1-5-16(6-2,20-4)12-17-13(3)15(19)18-14-10-8-7-9-11-14/h7-11,13,17H,5-6,12H2,1-4H3,(H,18,19). The maximum absolute atomic E-state index is 12.1. The maximum atomic E-state index is 12.1. The Labute approximate surface area is 126 Å². The largest absolute Gasteiger partial charge is 0.325 e. The Morgan fingerprint density at radius 3 is 2.35 bits per heavy atom. The average molecular weight is 294 g/mol. The van der Waals surface area contributed by atoms with E-state index in [0.717, 1.165) is 25.1 Å². The van der Waals surface area contributed by atoms with Crippen LogP contribution in [0.2, 0.25) is 0 Å². The fourth-order valence-electron chi connectivity index (χ4n) is 2.06. The molecule has 0 saturated heterocycles. The number of amides is 1. The molecule has 0 aliphatic rings. The second-order valence-corrected chi connectivity index (χ2v) is 6.33. The summed E-state index contributed by atoms with van der Waals surface area (Å²) in [5, 5.41) is 6.29. The van der Waals surface area contributed by atoms with Crippen molar-refractivity contribution in [3.05, 3.63) is 30.3 Å². The summed E-state index contributed by atoms with van der Waals surface area (Å²) in [4.78, 5) is 12.1. The van der Waals surface area contributed by atoms with Gasteiger partial charge < -0.3 is 10.6 Å². The predicted molar refractivity (Wildman–Crippen MR) is 89.4 cm³/mol. The minimum Gasteiger partial charge on any atom is -0.325 e. The fourth-order valence-corrected chi connectivity index (χ4v) is 2.87. The van der Waals surface area contributed by atoms with E-state index in [1.165, 1.54) is 0 Å². The average Bonchev–Trinajstić information content (AvgIpc) is 2.50. The van der Waals surface area contributed by atoms with Crippen molar-refractivity contribution in [3.8, 4) is 0 Å². The van der Waals surface area contributed by atoms with Crippen LogP contribution >= 0.6 is 11.8 Å². The van der Waals surface area contributed by atoms with Crippen LogP contribution in [-0.2, 0) is 4.79 Å². The Kier molecular flexibility index (Phi) is 7.10. The lowest BCUT2D eigenvalue weighted by Gasteiger charge is -2.31. The highest BCUT2D eigenvalue weighted by Crippen LogP contribution is 2.29. The van der Waals surface area contributed by atoms with Crippen molar-refractivity contribution < 1.29 is 4.79 Å². The summed E-state index contributed by atoms with van der Waals surface area (Å²) in [5.74, 6) is 0.0124. The van der Waals surface area contributed by atoms with Crippen LogP contribution in [0.4, 0.5) is 5.69 Å². The summed E-state index contributed by atoms with van der Waals surface area (Å²) in [6.07, 6.45) is 4.35. The van der Waals surface area contributed by atoms with Gasteiger partial charge in [-0.2, -0.15) is 11.8 Å².